The second-order valence-electron chi connectivity index (χ2n) is 5.60. The number of aryl methyl sites for hydroxylation is 1. The standard InChI is InChI=1S/C13H23N3/c1-11-4-3-5-13(6-11,10-14)7-12-8-15-16(2)9-12/h8-9,11H,3-7,10,14H2,1-2H3. The van der Waals surface area contributed by atoms with Crippen molar-refractivity contribution >= 4 is 0 Å². The summed E-state index contributed by atoms with van der Waals surface area (Å²) in [6.07, 6.45) is 10.5. The van der Waals surface area contributed by atoms with Crippen LogP contribution in [0.1, 0.15) is 38.2 Å². The predicted octanol–water partition coefficient (Wildman–Crippen LogP) is 2.12. The molecule has 0 bridgehead atoms. The Balaban J connectivity index is 2.09. The Morgan fingerprint density at radius 1 is 1.62 bits per heavy atom. The van der Waals surface area contributed by atoms with E-state index in [1.54, 1.807) is 0 Å². The van der Waals surface area contributed by atoms with Gasteiger partial charge in [-0.1, -0.05) is 19.8 Å². The van der Waals surface area contributed by atoms with Crippen LogP contribution in [-0.4, -0.2) is 16.3 Å². The van der Waals surface area contributed by atoms with Crippen molar-refractivity contribution in [3.05, 3.63) is 18.0 Å². The van der Waals surface area contributed by atoms with Crippen molar-refractivity contribution in [1.82, 2.24) is 9.78 Å². The molecule has 1 aromatic rings. The van der Waals surface area contributed by atoms with Gasteiger partial charge in [-0.25, -0.2) is 0 Å². The predicted molar refractivity (Wildman–Crippen MR) is 66.0 cm³/mol. The van der Waals surface area contributed by atoms with Crippen molar-refractivity contribution in [1.29, 1.82) is 0 Å². The summed E-state index contributed by atoms with van der Waals surface area (Å²) >= 11 is 0. The van der Waals surface area contributed by atoms with Gasteiger partial charge in [0.15, 0.2) is 0 Å². The summed E-state index contributed by atoms with van der Waals surface area (Å²) < 4.78 is 1.88. The van der Waals surface area contributed by atoms with E-state index in [1.165, 1.54) is 31.2 Å². The van der Waals surface area contributed by atoms with Crippen molar-refractivity contribution < 1.29 is 0 Å². The largest absolute Gasteiger partial charge is 0.330 e. The van der Waals surface area contributed by atoms with Crippen LogP contribution >= 0.6 is 0 Å². The van der Waals surface area contributed by atoms with E-state index in [9.17, 15) is 0 Å². The molecule has 1 aliphatic carbocycles. The smallest absolute Gasteiger partial charge is 0.0521 e. The van der Waals surface area contributed by atoms with Crippen LogP contribution < -0.4 is 5.73 Å². The molecule has 16 heavy (non-hydrogen) atoms. The van der Waals surface area contributed by atoms with Crippen molar-refractivity contribution in [2.45, 2.75) is 39.0 Å². The average molecular weight is 221 g/mol. The van der Waals surface area contributed by atoms with Crippen LogP contribution in [0.25, 0.3) is 0 Å². The zero-order valence-corrected chi connectivity index (χ0v) is 10.4. The highest BCUT2D eigenvalue weighted by Crippen LogP contribution is 2.40. The molecule has 2 unspecified atom stereocenters. The lowest BCUT2D eigenvalue weighted by molar-refractivity contribution is 0.154. The lowest BCUT2D eigenvalue weighted by atomic mass is 9.67. The van der Waals surface area contributed by atoms with Crippen molar-refractivity contribution in [2.24, 2.45) is 24.1 Å². The monoisotopic (exact) mass is 221 g/mol. The molecule has 0 aliphatic heterocycles. The maximum Gasteiger partial charge on any atom is 0.0521 e. The molecule has 1 aliphatic rings. The molecule has 0 spiro atoms. The highest BCUT2D eigenvalue weighted by Gasteiger charge is 2.33. The molecule has 3 nitrogen and oxygen atoms in total. The van der Waals surface area contributed by atoms with E-state index in [0.29, 0.717) is 5.41 Å². The molecule has 2 rings (SSSR count). The van der Waals surface area contributed by atoms with Crippen molar-refractivity contribution in [3.63, 3.8) is 0 Å². The summed E-state index contributed by atoms with van der Waals surface area (Å²) in [5, 5.41) is 4.24. The number of hydrogen-bond acceptors (Lipinski definition) is 2. The third-order valence-corrected chi connectivity index (χ3v) is 3.96. The fourth-order valence-corrected chi connectivity index (χ4v) is 3.18. The van der Waals surface area contributed by atoms with Crippen molar-refractivity contribution in [2.75, 3.05) is 6.54 Å². The Kier molecular flexibility index (Phi) is 3.33. The van der Waals surface area contributed by atoms with Gasteiger partial charge in [-0.05, 0) is 42.7 Å². The van der Waals surface area contributed by atoms with Gasteiger partial charge in [0.2, 0.25) is 0 Å². The van der Waals surface area contributed by atoms with Gasteiger partial charge in [-0.15, -0.1) is 0 Å². The average Bonchev–Trinajstić information content (AvgIpc) is 2.64. The number of nitrogens with zero attached hydrogens (tertiary/aromatic N) is 2. The van der Waals surface area contributed by atoms with Gasteiger partial charge in [-0.2, -0.15) is 5.10 Å². The van der Waals surface area contributed by atoms with Gasteiger partial charge in [-0.3, -0.25) is 4.68 Å². The molecule has 0 saturated heterocycles. The highest BCUT2D eigenvalue weighted by atomic mass is 15.2. The van der Waals surface area contributed by atoms with Crippen LogP contribution in [-0.2, 0) is 13.5 Å². The molecule has 1 heterocycles. The molecule has 2 N–H and O–H groups in total. The SMILES string of the molecule is CC1CCCC(CN)(Cc2cnn(C)c2)C1. The minimum absolute atomic E-state index is 0.334. The lowest BCUT2D eigenvalue weighted by Gasteiger charge is -2.39. The van der Waals surface area contributed by atoms with Crippen LogP contribution in [0.2, 0.25) is 0 Å². The molecule has 90 valence electrons. The van der Waals surface area contributed by atoms with Gasteiger partial charge in [0, 0.05) is 13.2 Å². The summed E-state index contributed by atoms with van der Waals surface area (Å²) in [7, 11) is 1.97. The van der Waals surface area contributed by atoms with Crippen LogP contribution in [0.3, 0.4) is 0 Å². The Labute approximate surface area is 98.0 Å². The normalized spacial score (nSPS) is 30.6. The van der Waals surface area contributed by atoms with Gasteiger partial charge < -0.3 is 5.73 Å². The number of nitrogens with two attached hydrogens (primary N) is 1. The third kappa shape index (κ3) is 2.46. The maximum absolute atomic E-state index is 6.03. The lowest BCUT2D eigenvalue weighted by Crippen LogP contribution is -2.37. The topological polar surface area (TPSA) is 43.8 Å². The number of hydrogen-bond donors (Lipinski definition) is 1. The fraction of sp³-hybridized carbons (Fsp3) is 0.769. The Morgan fingerprint density at radius 2 is 2.44 bits per heavy atom. The number of rotatable bonds is 3. The maximum atomic E-state index is 6.03. The quantitative estimate of drug-likeness (QED) is 0.849. The minimum Gasteiger partial charge on any atom is -0.330 e. The molecule has 3 heteroatoms. The molecule has 2 atom stereocenters. The molecular weight excluding hydrogens is 198 g/mol. The van der Waals surface area contributed by atoms with Crippen LogP contribution in [0.5, 0.6) is 0 Å². The van der Waals surface area contributed by atoms with Gasteiger partial charge in [0.25, 0.3) is 0 Å². The van der Waals surface area contributed by atoms with E-state index in [1.807, 2.05) is 17.9 Å². The van der Waals surface area contributed by atoms with E-state index in [0.717, 1.165) is 18.9 Å². The van der Waals surface area contributed by atoms with E-state index < -0.39 is 0 Å². The second-order valence-corrected chi connectivity index (χ2v) is 5.60. The van der Waals surface area contributed by atoms with Crippen LogP contribution in [0.4, 0.5) is 0 Å². The minimum atomic E-state index is 0.334. The molecular formula is C13H23N3. The Bertz CT molecular complexity index is 345. The zero-order chi connectivity index (χ0) is 11.6. The number of aromatic nitrogens is 2. The summed E-state index contributed by atoms with van der Waals surface area (Å²) in [6.45, 7) is 3.17. The molecule has 0 aromatic carbocycles. The van der Waals surface area contributed by atoms with Gasteiger partial charge in [0.05, 0.1) is 6.20 Å². The first-order valence-electron chi connectivity index (χ1n) is 6.31. The van der Waals surface area contributed by atoms with E-state index in [-0.39, 0.29) is 0 Å². The summed E-state index contributed by atoms with van der Waals surface area (Å²) in [4.78, 5) is 0. The van der Waals surface area contributed by atoms with Crippen molar-refractivity contribution in [3.8, 4) is 0 Å². The summed E-state index contributed by atoms with van der Waals surface area (Å²) in [5.41, 5.74) is 7.70. The molecule has 1 aromatic heterocycles. The van der Waals surface area contributed by atoms with Gasteiger partial charge in [0.1, 0.15) is 0 Å². The first-order valence-corrected chi connectivity index (χ1v) is 6.31. The summed E-state index contributed by atoms with van der Waals surface area (Å²) in [6, 6.07) is 0. The highest BCUT2D eigenvalue weighted by molar-refractivity contribution is 5.08. The second kappa shape index (κ2) is 4.58. The van der Waals surface area contributed by atoms with E-state index in [2.05, 4.69) is 18.2 Å². The van der Waals surface area contributed by atoms with Crippen LogP contribution in [0, 0.1) is 11.3 Å². The molecule has 0 amide bonds. The van der Waals surface area contributed by atoms with E-state index >= 15 is 0 Å². The van der Waals surface area contributed by atoms with Crippen LogP contribution in [0.15, 0.2) is 12.4 Å². The van der Waals surface area contributed by atoms with E-state index in [4.69, 9.17) is 5.73 Å². The first-order chi connectivity index (χ1) is 7.63. The third-order valence-electron chi connectivity index (χ3n) is 3.96. The molecule has 1 fully saturated rings. The van der Waals surface area contributed by atoms with Gasteiger partial charge >= 0.3 is 0 Å². The Hall–Kier alpha value is -0.830. The molecule has 1 saturated carbocycles. The Morgan fingerprint density at radius 3 is 3.00 bits per heavy atom. The first kappa shape index (κ1) is 11.6. The zero-order valence-electron chi connectivity index (χ0n) is 10.4. The fourth-order valence-electron chi connectivity index (χ4n) is 3.18. The summed E-state index contributed by atoms with van der Waals surface area (Å²) in [5.74, 6) is 0.828. The molecule has 0 radical (unpaired) electrons.